The lowest BCUT2D eigenvalue weighted by Crippen LogP contribution is -2.21. The number of ether oxygens (including phenoxy) is 1. The van der Waals surface area contributed by atoms with Crippen molar-refractivity contribution in [2.24, 2.45) is 0 Å². The maximum Gasteiger partial charge on any atom is 0.124 e. The van der Waals surface area contributed by atoms with E-state index < -0.39 is 0 Å². The summed E-state index contributed by atoms with van der Waals surface area (Å²) in [6.45, 7) is 3.41. The molecule has 0 amide bonds. The van der Waals surface area contributed by atoms with E-state index in [0.717, 1.165) is 36.3 Å². The van der Waals surface area contributed by atoms with Gasteiger partial charge in [-0.05, 0) is 35.7 Å². The minimum Gasteiger partial charge on any atom is -0.489 e. The van der Waals surface area contributed by atoms with Crippen LogP contribution in [0.2, 0.25) is 10.0 Å². The average molecular weight is 414 g/mol. The highest BCUT2D eigenvalue weighted by molar-refractivity contribution is 6.42. The van der Waals surface area contributed by atoms with Gasteiger partial charge in [-0.25, -0.2) is 0 Å². The number of para-hydroxylation sites is 1. The molecule has 0 aliphatic heterocycles. The van der Waals surface area contributed by atoms with Gasteiger partial charge in [0.1, 0.15) is 12.4 Å². The van der Waals surface area contributed by atoms with Gasteiger partial charge in [-0.2, -0.15) is 0 Å². The molecule has 0 saturated carbocycles. The summed E-state index contributed by atoms with van der Waals surface area (Å²) in [5.74, 6) is 0.879. The number of rotatable bonds is 9. The summed E-state index contributed by atoms with van der Waals surface area (Å²) in [4.78, 5) is 0. The summed E-state index contributed by atoms with van der Waals surface area (Å²) in [5.41, 5.74) is 3.45. The zero-order valence-corrected chi connectivity index (χ0v) is 17.5. The van der Waals surface area contributed by atoms with Crippen molar-refractivity contribution in [2.45, 2.75) is 39.0 Å². The quantitative estimate of drug-likeness (QED) is 0.400. The fourth-order valence-corrected chi connectivity index (χ4v) is 3.50. The lowest BCUT2D eigenvalue weighted by Gasteiger charge is -2.20. The van der Waals surface area contributed by atoms with Gasteiger partial charge in [-0.15, -0.1) is 0 Å². The van der Waals surface area contributed by atoms with Crippen LogP contribution in [0.15, 0.2) is 72.8 Å². The van der Waals surface area contributed by atoms with Crippen LogP contribution in [0.5, 0.6) is 5.75 Å². The van der Waals surface area contributed by atoms with E-state index in [4.69, 9.17) is 27.9 Å². The number of benzene rings is 3. The van der Waals surface area contributed by atoms with Gasteiger partial charge in [-0.1, -0.05) is 91.1 Å². The van der Waals surface area contributed by atoms with Gasteiger partial charge in [-0.3, -0.25) is 0 Å². The monoisotopic (exact) mass is 413 g/mol. The van der Waals surface area contributed by atoms with Crippen LogP contribution in [-0.2, 0) is 13.2 Å². The first-order valence-electron chi connectivity index (χ1n) is 9.60. The highest BCUT2D eigenvalue weighted by Crippen LogP contribution is 2.25. The number of hydrogen-bond donors (Lipinski definition) is 1. The predicted molar refractivity (Wildman–Crippen MR) is 118 cm³/mol. The minimum absolute atomic E-state index is 0.328. The smallest absolute Gasteiger partial charge is 0.124 e. The highest BCUT2D eigenvalue weighted by Gasteiger charge is 2.11. The molecule has 0 spiro atoms. The minimum atomic E-state index is 0.328. The van der Waals surface area contributed by atoms with E-state index in [1.54, 1.807) is 6.07 Å². The van der Waals surface area contributed by atoms with Crippen LogP contribution in [0.25, 0.3) is 0 Å². The van der Waals surface area contributed by atoms with Crippen LogP contribution in [0, 0.1) is 0 Å². The molecule has 146 valence electrons. The van der Waals surface area contributed by atoms with E-state index in [9.17, 15) is 0 Å². The molecule has 0 fully saturated rings. The van der Waals surface area contributed by atoms with E-state index in [-0.39, 0.29) is 0 Å². The molecule has 1 unspecified atom stereocenters. The number of nitrogens with one attached hydrogen (secondary N) is 1. The van der Waals surface area contributed by atoms with Gasteiger partial charge in [0.15, 0.2) is 0 Å². The Morgan fingerprint density at radius 1 is 0.893 bits per heavy atom. The molecule has 1 N–H and O–H groups in total. The maximum atomic E-state index is 6.10. The molecule has 0 bridgehead atoms. The Hall–Kier alpha value is -2.00. The van der Waals surface area contributed by atoms with Crippen molar-refractivity contribution < 1.29 is 4.74 Å². The Balaban J connectivity index is 1.66. The molecule has 4 heteroatoms. The van der Waals surface area contributed by atoms with Crippen molar-refractivity contribution in [2.75, 3.05) is 0 Å². The Labute approximate surface area is 177 Å². The van der Waals surface area contributed by atoms with Gasteiger partial charge in [0.2, 0.25) is 0 Å². The van der Waals surface area contributed by atoms with Crippen molar-refractivity contribution in [3.63, 3.8) is 0 Å². The first kappa shape index (κ1) is 20.7. The summed E-state index contributed by atoms with van der Waals surface area (Å²) in [6.07, 6.45) is 2.22. The van der Waals surface area contributed by atoms with Gasteiger partial charge >= 0.3 is 0 Å². The fraction of sp³-hybridized carbons (Fsp3) is 0.250. The first-order chi connectivity index (χ1) is 13.7. The van der Waals surface area contributed by atoms with Crippen molar-refractivity contribution in [1.29, 1.82) is 0 Å². The van der Waals surface area contributed by atoms with Crippen molar-refractivity contribution in [3.05, 3.63) is 99.5 Å². The second kappa shape index (κ2) is 10.5. The molecule has 2 nitrogen and oxygen atoms in total. The molecule has 0 radical (unpaired) electrons. The average Bonchev–Trinajstić information content (AvgIpc) is 2.73. The Bertz CT molecular complexity index is 883. The molecule has 0 aliphatic rings. The Morgan fingerprint density at radius 2 is 1.64 bits per heavy atom. The standard InChI is InChI=1S/C24H25Cl2NO/c1-2-8-23(19-9-4-3-5-10-19)27-16-20-11-6-7-12-24(20)28-17-18-13-14-21(25)22(26)15-18/h3-7,9-15,23,27H,2,8,16-17H2,1H3. The van der Waals surface area contributed by atoms with Gasteiger partial charge in [0.25, 0.3) is 0 Å². The zero-order valence-electron chi connectivity index (χ0n) is 16.0. The molecule has 0 heterocycles. The van der Waals surface area contributed by atoms with E-state index in [1.165, 1.54) is 5.56 Å². The number of hydrogen-bond acceptors (Lipinski definition) is 2. The predicted octanol–water partition coefficient (Wildman–Crippen LogP) is 7.20. The molecular formula is C24H25Cl2NO. The molecular weight excluding hydrogens is 389 g/mol. The van der Waals surface area contributed by atoms with E-state index in [0.29, 0.717) is 22.7 Å². The lowest BCUT2D eigenvalue weighted by molar-refractivity contribution is 0.301. The molecule has 3 aromatic rings. The van der Waals surface area contributed by atoms with Gasteiger partial charge in [0.05, 0.1) is 10.0 Å². The third-order valence-electron chi connectivity index (χ3n) is 4.67. The van der Waals surface area contributed by atoms with E-state index in [1.807, 2.05) is 30.3 Å². The molecule has 3 aromatic carbocycles. The molecule has 0 saturated heterocycles. The van der Waals surface area contributed by atoms with Crippen molar-refractivity contribution >= 4 is 23.2 Å². The third-order valence-corrected chi connectivity index (χ3v) is 5.41. The second-order valence-corrected chi connectivity index (χ2v) is 7.59. The van der Waals surface area contributed by atoms with Crippen LogP contribution >= 0.6 is 23.2 Å². The molecule has 0 aliphatic carbocycles. The lowest BCUT2D eigenvalue weighted by atomic mass is 10.0. The number of halogens is 2. The summed E-state index contributed by atoms with van der Waals surface area (Å²) in [5, 5.41) is 4.79. The summed E-state index contributed by atoms with van der Waals surface area (Å²) in [7, 11) is 0. The van der Waals surface area contributed by atoms with Gasteiger partial charge in [0, 0.05) is 18.2 Å². The van der Waals surface area contributed by atoms with Crippen LogP contribution < -0.4 is 10.1 Å². The normalized spacial score (nSPS) is 12.0. The molecule has 1 atom stereocenters. The van der Waals surface area contributed by atoms with Crippen LogP contribution in [-0.4, -0.2) is 0 Å². The van der Waals surface area contributed by atoms with Gasteiger partial charge < -0.3 is 10.1 Å². The summed E-state index contributed by atoms with van der Waals surface area (Å²) < 4.78 is 6.07. The fourth-order valence-electron chi connectivity index (χ4n) is 3.17. The summed E-state index contributed by atoms with van der Waals surface area (Å²) >= 11 is 12.1. The summed E-state index contributed by atoms with van der Waals surface area (Å²) in [6, 6.07) is 24.6. The topological polar surface area (TPSA) is 21.3 Å². The molecule has 28 heavy (non-hydrogen) atoms. The SMILES string of the molecule is CCCC(NCc1ccccc1OCc1ccc(Cl)c(Cl)c1)c1ccccc1. The van der Waals surface area contributed by atoms with E-state index >= 15 is 0 Å². The second-order valence-electron chi connectivity index (χ2n) is 6.78. The van der Waals surface area contributed by atoms with Crippen molar-refractivity contribution in [3.8, 4) is 5.75 Å². The molecule has 3 rings (SSSR count). The van der Waals surface area contributed by atoms with Crippen LogP contribution in [0.3, 0.4) is 0 Å². The Kier molecular flexibility index (Phi) is 7.79. The largest absolute Gasteiger partial charge is 0.489 e. The Morgan fingerprint density at radius 3 is 2.39 bits per heavy atom. The maximum absolute atomic E-state index is 6.10. The highest BCUT2D eigenvalue weighted by atomic mass is 35.5. The van der Waals surface area contributed by atoms with Crippen LogP contribution in [0.4, 0.5) is 0 Å². The molecule has 0 aromatic heterocycles. The van der Waals surface area contributed by atoms with Crippen molar-refractivity contribution in [1.82, 2.24) is 5.32 Å². The van der Waals surface area contributed by atoms with Crippen LogP contribution in [0.1, 0.15) is 42.5 Å². The van der Waals surface area contributed by atoms with E-state index in [2.05, 4.69) is 48.6 Å². The third kappa shape index (κ3) is 5.75. The zero-order chi connectivity index (χ0) is 19.8. The first-order valence-corrected chi connectivity index (χ1v) is 10.4.